The van der Waals surface area contributed by atoms with Crippen molar-refractivity contribution in [2.24, 2.45) is 0 Å². The first-order valence-corrected chi connectivity index (χ1v) is 15.1. The van der Waals surface area contributed by atoms with Gasteiger partial charge in [-0.1, -0.05) is 72.8 Å². The van der Waals surface area contributed by atoms with Gasteiger partial charge in [0.15, 0.2) is 0 Å². The van der Waals surface area contributed by atoms with E-state index >= 15 is 0 Å². The second kappa shape index (κ2) is 12.6. The molecule has 0 atom stereocenters. The molecule has 9 aromatic rings. The molecule has 47 heavy (non-hydrogen) atoms. The summed E-state index contributed by atoms with van der Waals surface area (Å²) in [4.78, 5) is 8.71. The van der Waals surface area contributed by atoms with Gasteiger partial charge in [0.1, 0.15) is 16.7 Å². The fraction of sp³-hybridized carbons (Fsp3) is 0.0952. The van der Waals surface area contributed by atoms with Gasteiger partial charge in [0.05, 0.1) is 5.58 Å². The Kier molecular flexibility index (Phi) is 6.98. The van der Waals surface area contributed by atoms with Crippen molar-refractivity contribution in [1.82, 2.24) is 9.97 Å². The molecular formula is C42H30IrN2O2-2. The number of benzene rings is 5. The van der Waals surface area contributed by atoms with Crippen LogP contribution in [0.15, 0.2) is 130 Å². The van der Waals surface area contributed by atoms with Gasteiger partial charge in [-0.2, -0.15) is 0 Å². The molecule has 0 unspecified atom stereocenters. The Hall–Kier alpha value is -5.09. The fourth-order valence-electron chi connectivity index (χ4n) is 5.96. The molecule has 0 N–H and O–H groups in total. The number of furan rings is 2. The van der Waals surface area contributed by atoms with E-state index in [2.05, 4.69) is 52.4 Å². The largest absolute Gasteiger partial charge is 0.500 e. The molecule has 4 heterocycles. The molecule has 4 aromatic heterocycles. The number of nitrogens with zero attached hydrogens (tertiary/aromatic N) is 2. The van der Waals surface area contributed by atoms with Gasteiger partial charge in [0.25, 0.3) is 0 Å². The zero-order valence-corrected chi connectivity index (χ0v) is 28.0. The van der Waals surface area contributed by atoms with Crippen LogP contribution in [0.4, 0.5) is 0 Å². The van der Waals surface area contributed by atoms with Gasteiger partial charge in [-0.05, 0) is 60.0 Å². The van der Waals surface area contributed by atoms with Gasteiger partial charge in [-0.15, -0.1) is 54.1 Å². The molecule has 4 nitrogen and oxygen atoms in total. The Balaban J connectivity index is 0.000000202. The molecule has 231 valence electrons. The SMILES string of the molecule is [2H]C(C)(C)c1ccnc(-c2[c-]ccc3c2oc2c3ccc3c2ccc2c4ccccc4oc23)c1.[2H]C([2H])([2H])c1ccc(-c2[c-]cccc2)nc1.[Ir]. The Morgan fingerprint density at radius 1 is 0.660 bits per heavy atom. The van der Waals surface area contributed by atoms with E-state index in [1.165, 1.54) is 6.20 Å². The van der Waals surface area contributed by atoms with Gasteiger partial charge in [0, 0.05) is 64.9 Å². The summed E-state index contributed by atoms with van der Waals surface area (Å²) < 4.78 is 42.9. The predicted molar refractivity (Wildman–Crippen MR) is 188 cm³/mol. The number of para-hydroxylation sites is 1. The molecule has 0 fully saturated rings. The van der Waals surface area contributed by atoms with Gasteiger partial charge in [-0.25, -0.2) is 0 Å². The molecule has 5 aromatic carbocycles. The van der Waals surface area contributed by atoms with Crippen LogP contribution in [-0.4, -0.2) is 9.97 Å². The van der Waals surface area contributed by atoms with E-state index in [1.54, 1.807) is 24.4 Å². The topological polar surface area (TPSA) is 52.1 Å². The molecule has 0 aliphatic rings. The maximum Gasteiger partial charge on any atom is 0.143 e. The monoisotopic (exact) mass is 791 g/mol. The van der Waals surface area contributed by atoms with E-state index in [9.17, 15) is 0 Å². The minimum atomic E-state index is -2.09. The zero-order valence-electron chi connectivity index (χ0n) is 29.6. The van der Waals surface area contributed by atoms with Crippen LogP contribution in [0.1, 0.15) is 36.4 Å². The molecule has 0 saturated heterocycles. The third kappa shape index (κ3) is 5.52. The summed E-state index contributed by atoms with van der Waals surface area (Å²) in [6.45, 7) is 1.66. The molecule has 0 aliphatic carbocycles. The summed E-state index contributed by atoms with van der Waals surface area (Å²) in [6, 6.07) is 41.5. The van der Waals surface area contributed by atoms with Gasteiger partial charge >= 0.3 is 0 Å². The molecule has 5 heteroatoms. The van der Waals surface area contributed by atoms with Crippen molar-refractivity contribution in [1.29, 1.82) is 0 Å². The van der Waals surface area contributed by atoms with Crippen molar-refractivity contribution in [2.75, 3.05) is 0 Å². The fourth-order valence-corrected chi connectivity index (χ4v) is 5.96. The Bertz CT molecular complexity index is 2680. The molecule has 0 amide bonds. The normalized spacial score (nSPS) is 13.1. The maximum atomic E-state index is 8.41. The van der Waals surface area contributed by atoms with E-state index in [0.717, 1.165) is 82.7 Å². The first-order chi connectivity index (χ1) is 24.1. The zero-order chi connectivity index (χ0) is 34.6. The average molecular weight is 791 g/mol. The second-order valence-corrected chi connectivity index (χ2v) is 11.4. The van der Waals surface area contributed by atoms with Crippen LogP contribution in [0.25, 0.3) is 77.2 Å². The smallest absolute Gasteiger partial charge is 0.143 e. The van der Waals surface area contributed by atoms with Crippen molar-refractivity contribution in [3.05, 3.63) is 145 Å². The van der Waals surface area contributed by atoms with Crippen molar-refractivity contribution >= 4 is 54.6 Å². The van der Waals surface area contributed by atoms with Crippen molar-refractivity contribution < 1.29 is 34.4 Å². The molecular weight excluding hydrogens is 757 g/mol. The van der Waals surface area contributed by atoms with Crippen molar-refractivity contribution in [3.8, 4) is 22.5 Å². The Morgan fingerprint density at radius 3 is 2.09 bits per heavy atom. The average Bonchev–Trinajstić information content (AvgIpc) is 3.71. The van der Waals surface area contributed by atoms with Crippen LogP contribution in [-0.2, 0) is 20.1 Å². The minimum Gasteiger partial charge on any atom is -0.500 e. The summed E-state index contributed by atoms with van der Waals surface area (Å²) >= 11 is 0. The van der Waals surface area contributed by atoms with E-state index in [1.807, 2.05) is 74.5 Å². The summed E-state index contributed by atoms with van der Waals surface area (Å²) in [6.07, 6.45) is 3.15. The van der Waals surface area contributed by atoms with Crippen molar-refractivity contribution in [3.63, 3.8) is 0 Å². The summed E-state index contributed by atoms with van der Waals surface area (Å²) in [7, 11) is 0. The second-order valence-electron chi connectivity index (χ2n) is 11.4. The number of hydrogen-bond acceptors (Lipinski definition) is 4. The number of aromatic nitrogens is 2. The number of aryl methyl sites for hydroxylation is 1. The number of pyridine rings is 2. The number of hydrogen-bond donors (Lipinski definition) is 0. The van der Waals surface area contributed by atoms with E-state index in [4.69, 9.17) is 14.3 Å². The first-order valence-electron chi connectivity index (χ1n) is 17.1. The van der Waals surface area contributed by atoms with Crippen molar-refractivity contribution in [2.45, 2.75) is 26.6 Å². The van der Waals surface area contributed by atoms with Crippen LogP contribution < -0.4 is 0 Å². The summed E-state index contributed by atoms with van der Waals surface area (Å²) in [5.74, 6) is -0.715. The Morgan fingerprint density at radius 2 is 1.38 bits per heavy atom. The third-order valence-electron chi connectivity index (χ3n) is 8.28. The maximum absolute atomic E-state index is 8.41. The van der Waals surface area contributed by atoms with Crippen LogP contribution in [0, 0.1) is 19.0 Å². The van der Waals surface area contributed by atoms with Crippen LogP contribution in [0.2, 0.25) is 0 Å². The van der Waals surface area contributed by atoms with E-state index < -0.39 is 12.7 Å². The molecule has 0 bridgehead atoms. The number of rotatable bonds is 3. The van der Waals surface area contributed by atoms with Gasteiger partial charge in [0.2, 0.25) is 0 Å². The predicted octanol–water partition coefficient (Wildman–Crippen LogP) is 11.5. The minimum absolute atomic E-state index is 0. The molecule has 0 aliphatic heterocycles. The molecule has 0 spiro atoms. The van der Waals surface area contributed by atoms with Crippen LogP contribution in [0.3, 0.4) is 0 Å². The van der Waals surface area contributed by atoms with Crippen LogP contribution in [0.5, 0.6) is 0 Å². The Labute approximate surface area is 292 Å². The first kappa shape index (κ1) is 26.0. The quantitative estimate of drug-likeness (QED) is 0.167. The third-order valence-corrected chi connectivity index (χ3v) is 8.28. The summed E-state index contributed by atoms with van der Waals surface area (Å²) in [5.41, 5.74) is 7.64. The molecule has 9 rings (SSSR count). The van der Waals surface area contributed by atoms with E-state index in [-0.39, 0.29) is 25.7 Å². The van der Waals surface area contributed by atoms with Crippen LogP contribution >= 0.6 is 0 Å². The van der Waals surface area contributed by atoms with Gasteiger partial charge in [-0.3, -0.25) is 0 Å². The van der Waals surface area contributed by atoms with E-state index in [0.29, 0.717) is 0 Å². The van der Waals surface area contributed by atoms with Gasteiger partial charge < -0.3 is 18.8 Å². The standard InChI is InChI=1S/C30H20NO2.C12H10N.Ir/c1-17(2)18-14-15-31-26(16-18)25-8-5-7-20-22-12-13-23-24(29(22)33-30(20)25)11-10-21-19-6-3-4-9-27(19)32-28(21)23;1-10-7-8-12(13-9-10)11-5-3-2-4-6-11;/h3-7,9-17H,1-2H3;2-5,7-9H,1H3;/q2*-1;/i17D;1D3;. The molecule has 1 radical (unpaired) electrons. The number of fused-ring (bicyclic) bond motifs is 9. The molecule has 0 saturated carbocycles. The summed E-state index contributed by atoms with van der Waals surface area (Å²) in [5, 5.41) is 6.33.